The Hall–Kier alpha value is -2.03. The number of aromatic nitrogens is 2. The van der Waals surface area contributed by atoms with Gasteiger partial charge in [-0.3, -0.25) is 4.79 Å². The molecule has 0 aliphatic heterocycles. The largest absolute Gasteiger partial charge is 0.298 e. The second-order valence-electron chi connectivity index (χ2n) is 6.57. The van der Waals surface area contributed by atoms with Gasteiger partial charge in [0.1, 0.15) is 5.82 Å². The van der Waals surface area contributed by atoms with Crippen LogP contribution in [0.25, 0.3) is 0 Å². The van der Waals surface area contributed by atoms with Crippen LogP contribution in [0.2, 0.25) is 0 Å². The Kier molecular flexibility index (Phi) is 4.21. The Labute approximate surface area is 126 Å². The number of carbonyl (C=O) groups is 1. The van der Waals surface area contributed by atoms with E-state index in [9.17, 15) is 4.79 Å². The quantitative estimate of drug-likeness (QED) is 0.804. The van der Waals surface area contributed by atoms with E-state index in [4.69, 9.17) is 0 Å². The van der Waals surface area contributed by atoms with Crippen molar-refractivity contribution < 1.29 is 4.79 Å². The highest BCUT2D eigenvalue weighted by Crippen LogP contribution is 2.27. The van der Waals surface area contributed by atoms with Crippen molar-refractivity contribution in [2.24, 2.45) is 0 Å². The van der Waals surface area contributed by atoms with Crippen LogP contribution in [-0.2, 0) is 11.8 Å². The third-order valence-electron chi connectivity index (χ3n) is 3.76. The maximum Gasteiger partial charge on any atom is 0.153 e. The highest BCUT2D eigenvalue weighted by Gasteiger charge is 2.16. The van der Waals surface area contributed by atoms with Crippen LogP contribution in [0.3, 0.4) is 0 Å². The summed E-state index contributed by atoms with van der Waals surface area (Å²) in [7, 11) is 0. The van der Waals surface area contributed by atoms with Gasteiger partial charge >= 0.3 is 0 Å². The van der Waals surface area contributed by atoms with Gasteiger partial charge in [0.15, 0.2) is 6.29 Å². The van der Waals surface area contributed by atoms with Crippen molar-refractivity contribution in [2.75, 3.05) is 0 Å². The molecule has 1 aromatic carbocycles. The van der Waals surface area contributed by atoms with Gasteiger partial charge in [0, 0.05) is 18.8 Å². The second kappa shape index (κ2) is 5.76. The minimum atomic E-state index is 0.149. The summed E-state index contributed by atoms with van der Waals surface area (Å²) < 4.78 is 0. The molecular weight excluding hydrogens is 260 g/mol. The Balaban J connectivity index is 2.33. The van der Waals surface area contributed by atoms with E-state index in [-0.39, 0.29) is 5.41 Å². The van der Waals surface area contributed by atoms with Gasteiger partial charge in [-0.15, -0.1) is 0 Å². The van der Waals surface area contributed by atoms with Gasteiger partial charge in [0.05, 0.1) is 5.56 Å². The van der Waals surface area contributed by atoms with E-state index in [0.29, 0.717) is 12.0 Å². The normalized spacial score (nSPS) is 11.5. The molecule has 0 aliphatic rings. The van der Waals surface area contributed by atoms with Crippen LogP contribution in [0, 0.1) is 13.8 Å². The molecule has 110 valence electrons. The lowest BCUT2D eigenvalue weighted by atomic mass is 9.83. The number of aldehydes is 1. The van der Waals surface area contributed by atoms with Crippen LogP contribution in [0.1, 0.15) is 59.2 Å². The SMILES string of the molecule is Cc1cc(C(C)(C)C)cc(C)c1Cc1ncc(C=O)cn1. The first-order valence-corrected chi connectivity index (χ1v) is 7.18. The maximum atomic E-state index is 10.6. The van der Waals surface area contributed by atoms with Gasteiger partial charge in [0.2, 0.25) is 0 Å². The van der Waals surface area contributed by atoms with Crippen LogP contribution in [0.4, 0.5) is 0 Å². The smallest absolute Gasteiger partial charge is 0.153 e. The fraction of sp³-hybridized carbons (Fsp3) is 0.389. The average molecular weight is 282 g/mol. The third-order valence-corrected chi connectivity index (χ3v) is 3.76. The van der Waals surface area contributed by atoms with Gasteiger partial charge in [-0.05, 0) is 41.5 Å². The van der Waals surface area contributed by atoms with Gasteiger partial charge in [0.25, 0.3) is 0 Å². The van der Waals surface area contributed by atoms with Crippen LogP contribution in [0.15, 0.2) is 24.5 Å². The highest BCUT2D eigenvalue weighted by molar-refractivity contribution is 5.73. The monoisotopic (exact) mass is 282 g/mol. The number of nitrogens with zero attached hydrogens (tertiary/aromatic N) is 2. The first kappa shape index (κ1) is 15.4. The second-order valence-corrected chi connectivity index (χ2v) is 6.57. The topological polar surface area (TPSA) is 42.9 Å². The number of hydrogen-bond donors (Lipinski definition) is 0. The first-order valence-electron chi connectivity index (χ1n) is 7.18. The van der Waals surface area contributed by atoms with E-state index in [2.05, 4.69) is 56.7 Å². The zero-order chi connectivity index (χ0) is 15.6. The number of hydrogen-bond acceptors (Lipinski definition) is 3. The summed E-state index contributed by atoms with van der Waals surface area (Å²) in [5.74, 6) is 0.746. The lowest BCUT2D eigenvalue weighted by Gasteiger charge is -2.22. The predicted molar refractivity (Wildman–Crippen MR) is 84.8 cm³/mol. The lowest BCUT2D eigenvalue weighted by molar-refractivity contribution is 0.112. The van der Waals surface area contributed by atoms with E-state index in [1.165, 1.54) is 22.3 Å². The van der Waals surface area contributed by atoms with Crippen LogP contribution in [-0.4, -0.2) is 16.3 Å². The molecule has 0 amide bonds. The molecule has 0 saturated carbocycles. The lowest BCUT2D eigenvalue weighted by Crippen LogP contribution is -2.13. The molecule has 21 heavy (non-hydrogen) atoms. The minimum Gasteiger partial charge on any atom is -0.298 e. The molecule has 0 bridgehead atoms. The Morgan fingerprint density at radius 2 is 1.57 bits per heavy atom. The average Bonchev–Trinajstić information content (AvgIpc) is 2.42. The fourth-order valence-corrected chi connectivity index (χ4v) is 2.38. The van der Waals surface area contributed by atoms with E-state index in [1.54, 1.807) is 12.4 Å². The number of carbonyl (C=O) groups excluding carboxylic acids is 1. The molecule has 2 rings (SSSR count). The molecule has 0 aliphatic carbocycles. The molecule has 1 aromatic heterocycles. The van der Waals surface area contributed by atoms with Crippen molar-refractivity contribution in [2.45, 2.75) is 46.5 Å². The van der Waals surface area contributed by atoms with E-state index in [1.807, 2.05) is 0 Å². The number of rotatable bonds is 3. The van der Waals surface area contributed by atoms with Gasteiger partial charge in [-0.1, -0.05) is 32.9 Å². The van der Waals surface area contributed by atoms with Crippen LogP contribution < -0.4 is 0 Å². The van der Waals surface area contributed by atoms with Crippen molar-refractivity contribution in [3.8, 4) is 0 Å². The molecule has 0 atom stereocenters. The summed E-state index contributed by atoms with van der Waals surface area (Å²) in [4.78, 5) is 19.1. The van der Waals surface area contributed by atoms with Gasteiger partial charge < -0.3 is 0 Å². The molecule has 0 N–H and O–H groups in total. The van der Waals surface area contributed by atoms with Crippen molar-refractivity contribution in [1.29, 1.82) is 0 Å². The maximum absolute atomic E-state index is 10.6. The zero-order valence-electron chi connectivity index (χ0n) is 13.4. The fourth-order valence-electron chi connectivity index (χ4n) is 2.38. The molecular formula is C18H22N2O. The molecule has 2 aromatic rings. The minimum absolute atomic E-state index is 0.149. The summed E-state index contributed by atoms with van der Waals surface area (Å²) in [6.45, 7) is 10.9. The molecule has 0 fully saturated rings. The summed E-state index contributed by atoms with van der Waals surface area (Å²) in [6, 6.07) is 4.50. The van der Waals surface area contributed by atoms with E-state index < -0.39 is 0 Å². The Morgan fingerprint density at radius 1 is 1.05 bits per heavy atom. The van der Waals surface area contributed by atoms with Crippen molar-refractivity contribution in [3.63, 3.8) is 0 Å². The van der Waals surface area contributed by atoms with Crippen molar-refractivity contribution >= 4 is 6.29 Å². The van der Waals surface area contributed by atoms with Crippen molar-refractivity contribution in [1.82, 2.24) is 9.97 Å². The van der Waals surface area contributed by atoms with Crippen molar-refractivity contribution in [3.05, 3.63) is 58.2 Å². The van der Waals surface area contributed by atoms with Crippen LogP contribution >= 0.6 is 0 Å². The molecule has 1 heterocycles. The molecule has 0 unspecified atom stereocenters. The molecule has 3 heteroatoms. The van der Waals surface area contributed by atoms with Gasteiger partial charge in [-0.2, -0.15) is 0 Å². The predicted octanol–water partition coefficient (Wildman–Crippen LogP) is 3.79. The van der Waals surface area contributed by atoms with E-state index >= 15 is 0 Å². The third kappa shape index (κ3) is 3.54. The molecule has 0 saturated heterocycles. The van der Waals surface area contributed by atoms with E-state index in [0.717, 1.165) is 12.1 Å². The molecule has 0 radical (unpaired) electrons. The Morgan fingerprint density at radius 3 is 2.00 bits per heavy atom. The summed E-state index contributed by atoms with van der Waals surface area (Å²) in [5.41, 5.74) is 5.80. The first-order chi connectivity index (χ1) is 9.81. The highest BCUT2D eigenvalue weighted by atomic mass is 16.1. The zero-order valence-corrected chi connectivity index (χ0v) is 13.4. The number of aryl methyl sites for hydroxylation is 2. The summed E-state index contributed by atoms with van der Waals surface area (Å²) in [5, 5.41) is 0. The Bertz CT molecular complexity index is 629. The van der Waals surface area contributed by atoms with Crippen LogP contribution in [0.5, 0.6) is 0 Å². The molecule has 3 nitrogen and oxygen atoms in total. The van der Waals surface area contributed by atoms with Gasteiger partial charge in [-0.25, -0.2) is 9.97 Å². The summed E-state index contributed by atoms with van der Waals surface area (Å²) in [6.07, 6.45) is 4.60. The summed E-state index contributed by atoms with van der Waals surface area (Å²) >= 11 is 0. The molecule has 0 spiro atoms. The number of benzene rings is 1. The standard InChI is InChI=1S/C18H22N2O/c1-12-6-15(18(3,4)5)7-13(2)16(12)8-17-19-9-14(11-21)10-20-17/h6-7,9-11H,8H2,1-5H3.